The van der Waals surface area contributed by atoms with E-state index in [2.05, 4.69) is 16.5 Å². The number of rotatable bonds is 5. The lowest BCUT2D eigenvalue weighted by molar-refractivity contribution is 0.342. The zero-order chi connectivity index (χ0) is 14.8. The maximum atomic E-state index is 12.2. The Morgan fingerprint density at radius 2 is 2.25 bits per heavy atom. The molecule has 20 heavy (non-hydrogen) atoms. The smallest absolute Gasteiger partial charge is 0.242 e. The molecule has 0 amide bonds. The van der Waals surface area contributed by atoms with Crippen LogP contribution in [-0.2, 0) is 10.0 Å². The average Bonchev–Trinajstić information content (AvgIpc) is 2.84. The first kappa shape index (κ1) is 15.6. The van der Waals surface area contributed by atoms with Gasteiger partial charge >= 0.3 is 0 Å². The lowest BCUT2D eigenvalue weighted by Gasteiger charge is -2.14. The maximum absolute atomic E-state index is 12.2. The van der Waals surface area contributed by atoms with Gasteiger partial charge in [0, 0.05) is 18.1 Å². The van der Waals surface area contributed by atoms with Gasteiger partial charge in [-0.1, -0.05) is 18.5 Å². The van der Waals surface area contributed by atoms with Gasteiger partial charge < -0.3 is 10.6 Å². The van der Waals surface area contributed by atoms with Crippen molar-refractivity contribution in [3.05, 3.63) is 23.2 Å². The molecule has 1 aromatic rings. The number of nitrogens with one attached hydrogen (secondary N) is 1. The van der Waals surface area contributed by atoms with Crippen molar-refractivity contribution in [3.63, 3.8) is 0 Å². The largest absolute Gasteiger partial charge is 0.398 e. The van der Waals surface area contributed by atoms with Gasteiger partial charge in [-0.3, -0.25) is 0 Å². The molecule has 1 atom stereocenters. The average molecular weight is 318 g/mol. The molecule has 0 saturated carbocycles. The van der Waals surface area contributed by atoms with Crippen LogP contribution in [0.5, 0.6) is 0 Å². The van der Waals surface area contributed by atoms with Crippen molar-refractivity contribution in [1.82, 2.24) is 9.62 Å². The van der Waals surface area contributed by atoms with Crippen LogP contribution in [-0.4, -0.2) is 39.5 Å². The Kier molecular flexibility index (Phi) is 4.90. The molecule has 0 bridgehead atoms. The Morgan fingerprint density at radius 1 is 1.50 bits per heavy atom. The second kappa shape index (κ2) is 6.30. The Hall–Kier alpha value is -0.820. The van der Waals surface area contributed by atoms with Crippen molar-refractivity contribution in [1.29, 1.82) is 0 Å². The molecule has 0 aromatic heterocycles. The van der Waals surface area contributed by atoms with E-state index in [1.165, 1.54) is 18.2 Å². The number of hydrogen-bond acceptors (Lipinski definition) is 4. The number of halogens is 1. The molecule has 1 saturated heterocycles. The molecular formula is C13H20ClN3O2S. The van der Waals surface area contributed by atoms with Crippen LogP contribution >= 0.6 is 11.6 Å². The summed E-state index contributed by atoms with van der Waals surface area (Å²) in [6.07, 6.45) is 1.02. The van der Waals surface area contributed by atoms with Crippen molar-refractivity contribution < 1.29 is 8.42 Å². The third-order valence-corrected chi connectivity index (χ3v) is 5.37. The highest BCUT2D eigenvalue weighted by atomic mass is 35.5. The van der Waals surface area contributed by atoms with E-state index < -0.39 is 10.0 Å². The lowest BCUT2D eigenvalue weighted by atomic mass is 10.1. The Balaban J connectivity index is 2.01. The fourth-order valence-electron chi connectivity index (χ4n) is 2.44. The predicted octanol–water partition coefficient (Wildman–Crippen LogP) is 1.54. The van der Waals surface area contributed by atoms with Crippen molar-refractivity contribution in [3.8, 4) is 0 Å². The highest BCUT2D eigenvalue weighted by Crippen LogP contribution is 2.23. The molecule has 7 heteroatoms. The number of benzene rings is 1. The van der Waals surface area contributed by atoms with Gasteiger partial charge in [-0.2, -0.15) is 0 Å². The minimum atomic E-state index is -3.57. The Labute approximate surface area is 125 Å². The number of nitrogens with zero attached hydrogens (tertiary/aromatic N) is 1. The van der Waals surface area contributed by atoms with Crippen LogP contribution in [0.15, 0.2) is 23.1 Å². The predicted molar refractivity (Wildman–Crippen MR) is 81.3 cm³/mol. The summed E-state index contributed by atoms with van der Waals surface area (Å²) in [6, 6.07) is 4.42. The Morgan fingerprint density at radius 3 is 2.85 bits per heavy atom. The molecule has 0 radical (unpaired) electrons. The van der Waals surface area contributed by atoms with Crippen LogP contribution < -0.4 is 10.5 Å². The molecule has 2 rings (SSSR count). The van der Waals surface area contributed by atoms with Gasteiger partial charge in [0.05, 0.1) is 5.69 Å². The SMILES string of the molecule is CCN1CCC(CNS(=O)(=O)c2ccc(Cl)cc2N)C1. The highest BCUT2D eigenvalue weighted by Gasteiger charge is 2.24. The number of sulfonamides is 1. The Bertz CT molecular complexity index is 577. The molecule has 1 unspecified atom stereocenters. The summed E-state index contributed by atoms with van der Waals surface area (Å²) in [6.45, 7) is 5.54. The first-order valence-electron chi connectivity index (χ1n) is 6.69. The summed E-state index contributed by atoms with van der Waals surface area (Å²) in [4.78, 5) is 2.41. The van der Waals surface area contributed by atoms with Gasteiger partial charge in [0.15, 0.2) is 0 Å². The molecule has 5 nitrogen and oxygen atoms in total. The molecule has 3 N–H and O–H groups in total. The quantitative estimate of drug-likeness (QED) is 0.808. The van der Waals surface area contributed by atoms with Gasteiger partial charge in [0.1, 0.15) is 4.90 Å². The van der Waals surface area contributed by atoms with Gasteiger partial charge in [-0.05, 0) is 43.6 Å². The molecule has 1 fully saturated rings. The molecule has 1 aromatic carbocycles. The first-order chi connectivity index (χ1) is 9.42. The van der Waals surface area contributed by atoms with Crippen LogP contribution in [0.1, 0.15) is 13.3 Å². The van der Waals surface area contributed by atoms with E-state index in [0.717, 1.165) is 26.1 Å². The third kappa shape index (κ3) is 3.63. The van der Waals surface area contributed by atoms with Crippen LogP contribution in [0.3, 0.4) is 0 Å². The summed E-state index contributed by atoms with van der Waals surface area (Å²) in [7, 11) is -3.57. The fraction of sp³-hybridized carbons (Fsp3) is 0.538. The van der Waals surface area contributed by atoms with E-state index in [1.807, 2.05) is 0 Å². The van der Waals surface area contributed by atoms with E-state index >= 15 is 0 Å². The van der Waals surface area contributed by atoms with Gasteiger partial charge in [0.25, 0.3) is 0 Å². The highest BCUT2D eigenvalue weighted by molar-refractivity contribution is 7.89. The van der Waals surface area contributed by atoms with E-state index in [9.17, 15) is 8.42 Å². The summed E-state index contributed by atoms with van der Waals surface area (Å²) >= 11 is 5.78. The molecule has 0 spiro atoms. The number of nitrogens with two attached hydrogens (primary N) is 1. The minimum absolute atomic E-state index is 0.0900. The number of likely N-dealkylation sites (tertiary alicyclic amines) is 1. The van der Waals surface area contributed by atoms with Gasteiger partial charge in [0.2, 0.25) is 10.0 Å². The van der Waals surface area contributed by atoms with Gasteiger partial charge in [-0.15, -0.1) is 0 Å². The normalized spacial score (nSPS) is 20.4. The lowest BCUT2D eigenvalue weighted by Crippen LogP contribution is -2.31. The summed E-state index contributed by atoms with van der Waals surface area (Å²) in [5, 5.41) is 0.427. The number of nitrogen functional groups attached to an aromatic ring is 1. The van der Waals surface area contributed by atoms with Crippen molar-refractivity contribution in [2.75, 3.05) is 31.9 Å². The van der Waals surface area contributed by atoms with Crippen LogP contribution in [0.25, 0.3) is 0 Å². The molecular weight excluding hydrogens is 298 g/mol. The van der Waals surface area contributed by atoms with Crippen LogP contribution in [0.2, 0.25) is 5.02 Å². The van der Waals surface area contributed by atoms with E-state index in [0.29, 0.717) is 17.5 Å². The van der Waals surface area contributed by atoms with Crippen LogP contribution in [0.4, 0.5) is 5.69 Å². The van der Waals surface area contributed by atoms with Crippen LogP contribution in [0, 0.1) is 5.92 Å². The van der Waals surface area contributed by atoms with Crippen molar-refractivity contribution in [2.24, 2.45) is 5.92 Å². The fourth-order valence-corrected chi connectivity index (χ4v) is 3.84. The zero-order valence-electron chi connectivity index (χ0n) is 11.5. The number of hydrogen-bond donors (Lipinski definition) is 2. The summed E-state index contributed by atoms with van der Waals surface area (Å²) in [5.41, 5.74) is 5.90. The molecule has 1 aliphatic rings. The molecule has 112 valence electrons. The third-order valence-electron chi connectivity index (χ3n) is 3.64. The summed E-state index contributed by atoms with van der Waals surface area (Å²) in [5.74, 6) is 0.359. The molecule has 1 heterocycles. The number of anilines is 1. The van der Waals surface area contributed by atoms with E-state index in [1.54, 1.807) is 0 Å². The van der Waals surface area contributed by atoms with E-state index in [4.69, 9.17) is 17.3 Å². The van der Waals surface area contributed by atoms with Crippen molar-refractivity contribution >= 4 is 27.3 Å². The maximum Gasteiger partial charge on any atom is 0.242 e. The molecule has 1 aliphatic heterocycles. The summed E-state index contributed by atoms with van der Waals surface area (Å²) < 4.78 is 27.1. The standard InChI is InChI=1S/C13H20ClN3O2S/c1-2-17-6-5-10(9-17)8-16-20(18,19)13-4-3-11(14)7-12(13)15/h3-4,7,10,16H,2,5-6,8-9,15H2,1H3. The zero-order valence-corrected chi connectivity index (χ0v) is 13.0. The second-order valence-corrected chi connectivity index (χ2v) is 7.25. The first-order valence-corrected chi connectivity index (χ1v) is 8.55. The topological polar surface area (TPSA) is 75.4 Å². The van der Waals surface area contributed by atoms with Gasteiger partial charge in [-0.25, -0.2) is 13.1 Å². The van der Waals surface area contributed by atoms with E-state index in [-0.39, 0.29) is 10.6 Å². The van der Waals surface area contributed by atoms with Crippen molar-refractivity contribution in [2.45, 2.75) is 18.2 Å². The molecule has 0 aliphatic carbocycles. The minimum Gasteiger partial charge on any atom is -0.398 e. The monoisotopic (exact) mass is 317 g/mol. The second-order valence-electron chi connectivity index (χ2n) is 5.08.